The average molecular weight is 333 g/mol. The Kier molecular flexibility index (Phi) is 5.25. The van der Waals surface area contributed by atoms with Gasteiger partial charge in [0.1, 0.15) is 0 Å². The number of hydrogen-bond acceptors (Lipinski definition) is 4. The predicted octanol–water partition coefficient (Wildman–Crippen LogP) is 0.984. The van der Waals surface area contributed by atoms with Crippen LogP contribution < -0.4 is 0 Å². The van der Waals surface area contributed by atoms with Crippen LogP contribution in [0.15, 0.2) is 6.07 Å². The summed E-state index contributed by atoms with van der Waals surface area (Å²) < 4.78 is 2.12. The number of aromatic nitrogens is 2. The number of nitrogens with zero attached hydrogens (tertiary/aromatic N) is 5. The van der Waals surface area contributed by atoms with Gasteiger partial charge in [-0.1, -0.05) is 6.92 Å². The van der Waals surface area contributed by atoms with E-state index in [0.29, 0.717) is 12.0 Å². The molecule has 24 heavy (non-hydrogen) atoms. The lowest BCUT2D eigenvalue weighted by molar-refractivity contribution is -0.130. The topological polar surface area (TPSA) is 44.6 Å². The van der Waals surface area contributed by atoms with Crippen LogP contribution in [0, 0.1) is 19.8 Å². The molecule has 0 aromatic carbocycles. The van der Waals surface area contributed by atoms with Crippen molar-refractivity contribution < 1.29 is 4.79 Å². The van der Waals surface area contributed by atoms with Gasteiger partial charge in [-0.15, -0.1) is 0 Å². The Hall–Kier alpha value is -1.40. The first kappa shape index (κ1) is 17.4. The quantitative estimate of drug-likeness (QED) is 0.824. The Morgan fingerprint density at radius 2 is 1.88 bits per heavy atom. The molecule has 0 bridgehead atoms. The summed E-state index contributed by atoms with van der Waals surface area (Å²) in [7, 11) is 0. The van der Waals surface area contributed by atoms with Crippen molar-refractivity contribution in [1.82, 2.24) is 24.5 Å². The molecule has 2 aliphatic heterocycles. The molecular weight excluding hydrogens is 302 g/mol. The Labute approximate surface area is 145 Å². The maximum atomic E-state index is 11.5. The van der Waals surface area contributed by atoms with Crippen molar-refractivity contribution in [3.8, 4) is 0 Å². The van der Waals surface area contributed by atoms with E-state index in [2.05, 4.69) is 46.4 Å². The summed E-state index contributed by atoms with van der Waals surface area (Å²) in [5.74, 6) is 0.898. The summed E-state index contributed by atoms with van der Waals surface area (Å²) in [4.78, 5) is 18.6. The standard InChI is InChI=1S/C18H31N5O/c1-14-12-20(5-10-23-16(3)11-15(2)19-23)13-18(14)22-8-6-21(7-9-22)17(4)24/h11,14,18H,5-10,12-13H2,1-4H3/t14-,18-/m1/s1. The van der Waals surface area contributed by atoms with Crippen molar-refractivity contribution in [3.63, 3.8) is 0 Å². The normalized spacial score (nSPS) is 26.2. The van der Waals surface area contributed by atoms with E-state index in [1.165, 1.54) is 5.69 Å². The number of carbonyl (C=O) groups excluding carboxylic acids is 1. The summed E-state index contributed by atoms with van der Waals surface area (Å²) in [5, 5.41) is 4.57. The molecule has 134 valence electrons. The molecule has 3 rings (SSSR count). The van der Waals surface area contributed by atoms with Gasteiger partial charge in [-0.3, -0.25) is 19.3 Å². The Bertz CT molecular complexity index is 576. The second-order valence-corrected chi connectivity index (χ2v) is 7.50. The van der Waals surface area contributed by atoms with Gasteiger partial charge in [-0.05, 0) is 25.8 Å². The molecule has 0 saturated carbocycles. The Balaban J connectivity index is 1.50. The summed E-state index contributed by atoms with van der Waals surface area (Å²) >= 11 is 0. The number of amides is 1. The minimum atomic E-state index is 0.209. The zero-order valence-electron chi connectivity index (χ0n) is 15.5. The minimum Gasteiger partial charge on any atom is -0.340 e. The van der Waals surface area contributed by atoms with Gasteiger partial charge in [-0.2, -0.15) is 5.10 Å². The van der Waals surface area contributed by atoms with Crippen LogP contribution in [0.25, 0.3) is 0 Å². The molecule has 0 N–H and O–H groups in total. The van der Waals surface area contributed by atoms with Crippen LogP contribution in [-0.4, -0.2) is 82.2 Å². The smallest absolute Gasteiger partial charge is 0.219 e. The number of aryl methyl sites for hydroxylation is 2. The van der Waals surface area contributed by atoms with Gasteiger partial charge >= 0.3 is 0 Å². The van der Waals surface area contributed by atoms with Gasteiger partial charge in [0.2, 0.25) is 5.91 Å². The van der Waals surface area contributed by atoms with Crippen molar-refractivity contribution in [2.75, 3.05) is 45.8 Å². The van der Waals surface area contributed by atoms with E-state index in [-0.39, 0.29) is 5.91 Å². The fraction of sp³-hybridized carbons (Fsp3) is 0.778. The van der Waals surface area contributed by atoms with Crippen LogP contribution in [0.2, 0.25) is 0 Å². The van der Waals surface area contributed by atoms with E-state index < -0.39 is 0 Å². The zero-order chi connectivity index (χ0) is 17.3. The zero-order valence-corrected chi connectivity index (χ0v) is 15.5. The van der Waals surface area contributed by atoms with Crippen molar-refractivity contribution >= 4 is 5.91 Å². The van der Waals surface area contributed by atoms with Gasteiger partial charge in [0.15, 0.2) is 0 Å². The second kappa shape index (κ2) is 7.23. The van der Waals surface area contributed by atoms with Crippen molar-refractivity contribution in [1.29, 1.82) is 0 Å². The van der Waals surface area contributed by atoms with Crippen LogP contribution in [0.3, 0.4) is 0 Å². The minimum absolute atomic E-state index is 0.209. The third-order valence-electron chi connectivity index (χ3n) is 5.61. The van der Waals surface area contributed by atoms with E-state index >= 15 is 0 Å². The van der Waals surface area contributed by atoms with Crippen molar-refractivity contribution in [3.05, 3.63) is 17.5 Å². The number of likely N-dealkylation sites (tertiary alicyclic amines) is 1. The van der Waals surface area contributed by atoms with Crippen molar-refractivity contribution in [2.45, 2.75) is 40.3 Å². The molecule has 1 aromatic heterocycles. The SMILES string of the molecule is CC(=O)N1CCN([C@@H]2CN(CCn3nc(C)cc3C)C[C@H]2C)CC1. The molecule has 6 heteroatoms. The lowest BCUT2D eigenvalue weighted by atomic mass is 10.0. The third-order valence-corrected chi connectivity index (χ3v) is 5.61. The molecule has 0 unspecified atom stereocenters. The third kappa shape index (κ3) is 3.81. The van der Waals surface area contributed by atoms with Crippen LogP contribution in [0.1, 0.15) is 25.2 Å². The predicted molar refractivity (Wildman–Crippen MR) is 94.9 cm³/mol. The van der Waals surface area contributed by atoms with Crippen LogP contribution in [0.4, 0.5) is 0 Å². The van der Waals surface area contributed by atoms with E-state index in [0.717, 1.165) is 58.1 Å². The first-order valence-corrected chi connectivity index (χ1v) is 9.17. The van der Waals surface area contributed by atoms with Crippen molar-refractivity contribution in [2.24, 2.45) is 5.92 Å². The highest BCUT2D eigenvalue weighted by Crippen LogP contribution is 2.23. The number of hydrogen-bond donors (Lipinski definition) is 0. The Morgan fingerprint density at radius 3 is 2.46 bits per heavy atom. The summed E-state index contributed by atoms with van der Waals surface area (Å²) in [6.45, 7) is 16.3. The fourth-order valence-electron chi connectivity index (χ4n) is 4.21. The molecule has 2 saturated heterocycles. The van der Waals surface area contributed by atoms with Gasteiger partial charge in [0.25, 0.3) is 0 Å². The molecule has 3 heterocycles. The van der Waals surface area contributed by atoms with E-state index in [1.54, 1.807) is 6.92 Å². The lowest BCUT2D eigenvalue weighted by Crippen LogP contribution is -2.53. The molecule has 0 radical (unpaired) electrons. The van der Waals surface area contributed by atoms with E-state index in [9.17, 15) is 4.79 Å². The molecule has 1 amide bonds. The van der Waals surface area contributed by atoms with E-state index in [1.807, 2.05) is 4.90 Å². The average Bonchev–Trinajstić information content (AvgIpc) is 3.07. The monoisotopic (exact) mass is 333 g/mol. The molecule has 2 fully saturated rings. The van der Waals surface area contributed by atoms with E-state index in [4.69, 9.17) is 0 Å². The highest BCUT2D eigenvalue weighted by molar-refractivity contribution is 5.73. The first-order chi connectivity index (χ1) is 11.4. The highest BCUT2D eigenvalue weighted by Gasteiger charge is 2.35. The van der Waals surface area contributed by atoms with Gasteiger partial charge in [0, 0.05) is 64.5 Å². The largest absolute Gasteiger partial charge is 0.340 e. The molecular formula is C18H31N5O. The molecule has 2 aliphatic rings. The molecule has 6 nitrogen and oxygen atoms in total. The fourth-order valence-corrected chi connectivity index (χ4v) is 4.21. The lowest BCUT2D eigenvalue weighted by Gasteiger charge is -2.39. The molecule has 0 spiro atoms. The number of rotatable bonds is 4. The maximum Gasteiger partial charge on any atom is 0.219 e. The van der Waals surface area contributed by atoms with Gasteiger partial charge in [-0.25, -0.2) is 0 Å². The Morgan fingerprint density at radius 1 is 1.17 bits per heavy atom. The van der Waals surface area contributed by atoms with Gasteiger partial charge in [0.05, 0.1) is 12.2 Å². The van der Waals surface area contributed by atoms with Crippen LogP contribution >= 0.6 is 0 Å². The molecule has 0 aliphatic carbocycles. The molecule has 1 aromatic rings. The van der Waals surface area contributed by atoms with Crippen LogP contribution in [0.5, 0.6) is 0 Å². The summed E-state index contributed by atoms with van der Waals surface area (Å²) in [6.07, 6.45) is 0. The van der Waals surface area contributed by atoms with Crippen LogP contribution in [-0.2, 0) is 11.3 Å². The highest BCUT2D eigenvalue weighted by atomic mass is 16.2. The summed E-state index contributed by atoms with van der Waals surface area (Å²) in [6, 6.07) is 2.77. The number of piperazine rings is 1. The second-order valence-electron chi connectivity index (χ2n) is 7.50. The summed E-state index contributed by atoms with van der Waals surface area (Å²) in [5.41, 5.74) is 2.35. The van der Waals surface area contributed by atoms with Gasteiger partial charge < -0.3 is 4.90 Å². The first-order valence-electron chi connectivity index (χ1n) is 9.17. The maximum absolute atomic E-state index is 11.5. The number of carbonyl (C=O) groups is 1. The molecule has 2 atom stereocenters.